The minimum atomic E-state index is -2.75. The molecule has 6 heteroatoms. The number of nitrogens with zero attached hydrogens (tertiary/aromatic N) is 2. The summed E-state index contributed by atoms with van der Waals surface area (Å²) in [6.07, 6.45) is 0.797. The highest BCUT2D eigenvalue weighted by molar-refractivity contribution is 7.91. The normalized spacial score (nSPS) is 31.0. The Balaban J connectivity index is 1.81. The summed E-state index contributed by atoms with van der Waals surface area (Å²) in [5.74, 6) is 0.707. The predicted octanol–water partition coefficient (Wildman–Crippen LogP) is -1.03. The van der Waals surface area contributed by atoms with Crippen LogP contribution in [-0.2, 0) is 9.84 Å². The zero-order valence-corrected chi connectivity index (χ0v) is 10.7. The van der Waals surface area contributed by atoms with Gasteiger partial charge in [-0.05, 0) is 13.5 Å². The molecule has 5 nitrogen and oxygen atoms in total. The molecule has 2 aliphatic heterocycles. The van der Waals surface area contributed by atoms with Gasteiger partial charge in [0.2, 0.25) is 0 Å². The Morgan fingerprint density at radius 3 is 2.62 bits per heavy atom. The van der Waals surface area contributed by atoms with Crippen molar-refractivity contribution in [1.82, 2.24) is 15.1 Å². The van der Waals surface area contributed by atoms with Gasteiger partial charge in [-0.15, -0.1) is 0 Å². The van der Waals surface area contributed by atoms with E-state index in [1.54, 1.807) is 0 Å². The van der Waals surface area contributed by atoms with E-state index in [4.69, 9.17) is 0 Å². The minimum absolute atomic E-state index is 0.222. The van der Waals surface area contributed by atoms with Crippen LogP contribution in [-0.4, -0.2) is 75.7 Å². The van der Waals surface area contributed by atoms with Crippen LogP contribution in [0.1, 0.15) is 6.42 Å². The van der Waals surface area contributed by atoms with Crippen LogP contribution in [0, 0.1) is 0 Å². The van der Waals surface area contributed by atoms with Gasteiger partial charge in [-0.1, -0.05) is 0 Å². The van der Waals surface area contributed by atoms with Crippen molar-refractivity contribution >= 4 is 9.84 Å². The Labute approximate surface area is 97.7 Å². The van der Waals surface area contributed by atoms with Crippen molar-refractivity contribution in [3.63, 3.8) is 0 Å². The molecule has 94 valence electrons. The lowest BCUT2D eigenvalue weighted by atomic mass is 10.2. The Morgan fingerprint density at radius 2 is 2.06 bits per heavy atom. The zero-order valence-electron chi connectivity index (χ0n) is 9.85. The van der Waals surface area contributed by atoms with Gasteiger partial charge in [0.25, 0.3) is 0 Å². The third-order valence-electron chi connectivity index (χ3n) is 3.46. The van der Waals surface area contributed by atoms with E-state index >= 15 is 0 Å². The number of rotatable bonds is 3. The van der Waals surface area contributed by atoms with Gasteiger partial charge in [0.05, 0.1) is 18.2 Å². The lowest BCUT2D eigenvalue weighted by molar-refractivity contribution is 0.114. The molecule has 0 radical (unpaired) electrons. The van der Waals surface area contributed by atoms with Gasteiger partial charge in [-0.2, -0.15) is 0 Å². The molecule has 0 aliphatic carbocycles. The van der Waals surface area contributed by atoms with Gasteiger partial charge in [0.15, 0.2) is 9.84 Å². The molecule has 2 heterocycles. The number of nitrogens with one attached hydrogen (secondary N) is 1. The van der Waals surface area contributed by atoms with Crippen molar-refractivity contribution in [2.24, 2.45) is 0 Å². The van der Waals surface area contributed by atoms with E-state index in [2.05, 4.69) is 15.1 Å². The number of hydrogen-bond acceptors (Lipinski definition) is 5. The van der Waals surface area contributed by atoms with Crippen molar-refractivity contribution in [3.8, 4) is 0 Å². The van der Waals surface area contributed by atoms with E-state index in [9.17, 15) is 8.42 Å². The standard InChI is InChI=1S/C10H21N3O2S/c1-12(9-13-5-3-11-4-6-13)10-2-7-16(14,15)8-10/h10-11H,2-9H2,1H3. The van der Waals surface area contributed by atoms with Gasteiger partial charge in [-0.25, -0.2) is 8.42 Å². The van der Waals surface area contributed by atoms with Crippen LogP contribution in [0.5, 0.6) is 0 Å². The van der Waals surface area contributed by atoms with E-state index < -0.39 is 9.84 Å². The molecule has 2 saturated heterocycles. The first-order chi connectivity index (χ1) is 7.57. The second-order valence-electron chi connectivity index (χ2n) is 4.82. The summed E-state index contributed by atoms with van der Waals surface area (Å²) in [4.78, 5) is 4.57. The molecule has 2 aliphatic rings. The van der Waals surface area contributed by atoms with Crippen LogP contribution in [0.4, 0.5) is 0 Å². The van der Waals surface area contributed by atoms with E-state index in [0.717, 1.165) is 39.3 Å². The average Bonchev–Trinajstić information content (AvgIpc) is 2.60. The van der Waals surface area contributed by atoms with Gasteiger partial charge in [-0.3, -0.25) is 9.80 Å². The fourth-order valence-corrected chi connectivity index (χ4v) is 4.21. The van der Waals surface area contributed by atoms with E-state index in [1.165, 1.54) is 0 Å². The third-order valence-corrected chi connectivity index (χ3v) is 5.21. The Morgan fingerprint density at radius 1 is 1.38 bits per heavy atom. The van der Waals surface area contributed by atoms with Crippen molar-refractivity contribution in [2.75, 3.05) is 51.4 Å². The first kappa shape index (κ1) is 12.3. The maximum atomic E-state index is 11.4. The van der Waals surface area contributed by atoms with E-state index in [-0.39, 0.29) is 6.04 Å². The number of hydrogen-bond donors (Lipinski definition) is 1. The van der Waals surface area contributed by atoms with Gasteiger partial charge in [0.1, 0.15) is 0 Å². The minimum Gasteiger partial charge on any atom is -0.314 e. The first-order valence-corrected chi connectivity index (χ1v) is 7.73. The monoisotopic (exact) mass is 247 g/mol. The third kappa shape index (κ3) is 3.16. The molecule has 0 saturated carbocycles. The first-order valence-electron chi connectivity index (χ1n) is 5.90. The molecule has 1 atom stereocenters. The maximum Gasteiger partial charge on any atom is 0.151 e. The summed E-state index contributed by atoms with van der Waals surface area (Å²) < 4.78 is 22.8. The molecule has 2 fully saturated rings. The lowest BCUT2D eigenvalue weighted by Crippen LogP contribution is -2.49. The molecule has 1 N–H and O–H groups in total. The molecule has 1 unspecified atom stereocenters. The average molecular weight is 247 g/mol. The Bertz CT molecular complexity index is 325. The molecule has 0 amide bonds. The molecule has 0 aromatic carbocycles. The summed E-state index contributed by atoms with van der Waals surface area (Å²) >= 11 is 0. The molecular formula is C10H21N3O2S. The SMILES string of the molecule is CN(CN1CCNCC1)C1CCS(=O)(=O)C1. The van der Waals surface area contributed by atoms with Crippen LogP contribution < -0.4 is 5.32 Å². The Hall–Kier alpha value is -0.170. The molecule has 0 spiro atoms. The van der Waals surface area contributed by atoms with Crippen molar-refractivity contribution in [1.29, 1.82) is 0 Å². The van der Waals surface area contributed by atoms with Crippen LogP contribution in [0.25, 0.3) is 0 Å². The number of sulfone groups is 1. The molecule has 0 aromatic heterocycles. The highest BCUT2D eigenvalue weighted by atomic mass is 32.2. The van der Waals surface area contributed by atoms with Crippen LogP contribution in [0.2, 0.25) is 0 Å². The molecule has 0 aromatic rings. The van der Waals surface area contributed by atoms with Gasteiger partial charge >= 0.3 is 0 Å². The summed E-state index contributed by atoms with van der Waals surface area (Å²) in [6, 6.07) is 0.222. The summed E-state index contributed by atoms with van der Waals surface area (Å²) in [7, 11) is -0.719. The molecule has 2 rings (SSSR count). The Kier molecular flexibility index (Phi) is 3.84. The van der Waals surface area contributed by atoms with Crippen molar-refractivity contribution < 1.29 is 8.42 Å². The van der Waals surface area contributed by atoms with Crippen LogP contribution in [0.15, 0.2) is 0 Å². The predicted molar refractivity (Wildman–Crippen MR) is 64.1 cm³/mol. The summed E-state index contributed by atoms with van der Waals surface area (Å²) in [6.45, 7) is 5.09. The van der Waals surface area contributed by atoms with Crippen LogP contribution >= 0.6 is 0 Å². The molecule has 16 heavy (non-hydrogen) atoms. The zero-order chi connectivity index (χ0) is 11.6. The molecular weight excluding hydrogens is 226 g/mol. The quantitative estimate of drug-likeness (QED) is 0.691. The lowest BCUT2D eigenvalue weighted by Gasteiger charge is -2.33. The second kappa shape index (κ2) is 5.00. The largest absolute Gasteiger partial charge is 0.314 e. The van der Waals surface area contributed by atoms with Crippen LogP contribution in [0.3, 0.4) is 0 Å². The second-order valence-corrected chi connectivity index (χ2v) is 7.05. The summed E-state index contributed by atoms with van der Waals surface area (Å²) in [5, 5.41) is 3.31. The highest BCUT2D eigenvalue weighted by Gasteiger charge is 2.31. The smallest absolute Gasteiger partial charge is 0.151 e. The maximum absolute atomic E-state index is 11.4. The highest BCUT2D eigenvalue weighted by Crippen LogP contribution is 2.16. The van der Waals surface area contributed by atoms with Crippen molar-refractivity contribution in [3.05, 3.63) is 0 Å². The fraction of sp³-hybridized carbons (Fsp3) is 1.00. The van der Waals surface area contributed by atoms with Gasteiger partial charge < -0.3 is 5.32 Å². The fourth-order valence-electron chi connectivity index (χ4n) is 2.41. The van der Waals surface area contributed by atoms with E-state index in [0.29, 0.717) is 11.5 Å². The van der Waals surface area contributed by atoms with Gasteiger partial charge in [0, 0.05) is 32.2 Å². The summed E-state index contributed by atoms with van der Waals surface area (Å²) in [5.41, 5.74) is 0. The van der Waals surface area contributed by atoms with Crippen molar-refractivity contribution in [2.45, 2.75) is 12.5 Å². The molecule has 0 bridgehead atoms. The topological polar surface area (TPSA) is 52.6 Å². The van der Waals surface area contributed by atoms with E-state index in [1.807, 2.05) is 7.05 Å². The number of piperazine rings is 1.